The quantitative estimate of drug-likeness (QED) is 0.814. The Morgan fingerprint density at radius 3 is 2.41 bits per heavy atom. The van der Waals surface area contributed by atoms with Crippen molar-refractivity contribution in [2.24, 2.45) is 17.6 Å². The summed E-state index contributed by atoms with van der Waals surface area (Å²) in [6, 6.07) is 4.80. The van der Waals surface area contributed by atoms with Crippen molar-refractivity contribution in [3.8, 4) is 0 Å². The summed E-state index contributed by atoms with van der Waals surface area (Å²) in [5.41, 5.74) is 5.59. The van der Waals surface area contributed by atoms with E-state index < -0.39 is 29.9 Å². The van der Waals surface area contributed by atoms with Gasteiger partial charge in [0.15, 0.2) is 0 Å². The number of carbonyl (C=O) groups excluding carboxylic acids is 1. The topological polar surface area (TPSA) is 49.6 Å². The Morgan fingerprint density at radius 2 is 1.78 bits per heavy atom. The molecular formula is C19H23F4N3O. The van der Waals surface area contributed by atoms with Crippen molar-refractivity contribution >= 4 is 11.6 Å². The number of benzene rings is 1. The molecule has 0 unspecified atom stereocenters. The summed E-state index contributed by atoms with van der Waals surface area (Å²) >= 11 is 0. The number of nitrogens with zero attached hydrogens (tertiary/aromatic N) is 2. The first-order chi connectivity index (χ1) is 12.7. The van der Waals surface area contributed by atoms with Gasteiger partial charge in [0.1, 0.15) is 6.17 Å². The summed E-state index contributed by atoms with van der Waals surface area (Å²) in [6.45, 7) is 1.72. The van der Waals surface area contributed by atoms with Gasteiger partial charge in [-0.3, -0.25) is 9.69 Å². The molecule has 1 aromatic rings. The first-order valence-electron chi connectivity index (χ1n) is 9.35. The van der Waals surface area contributed by atoms with Crippen LogP contribution in [0.1, 0.15) is 24.8 Å². The second-order valence-corrected chi connectivity index (χ2v) is 7.97. The van der Waals surface area contributed by atoms with E-state index in [-0.39, 0.29) is 24.9 Å². The lowest BCUT2D eigenvalue weighted by Gasteiger charge is -2.33. The van der Waals surface area contributed by atoms with Crippen molar-refractivity contribution in [2.75, 3.05) is 24.5 Å². The van der Waals surface area contributed by atoms with Crippen LogP contribution < -0.4 is 10.6 Å². The number of likely N-dealkylation sites (tertiary alicyclic amines) is 1. The molecule has 2 N–H and O–H groups in total. The number of halogens is 4. The van der Waals surface area contributed by atoms with E-state index in [9.17, 15) is 22.4 Å². The zero-order chi connectivity index (χ0) is 19.3. The van der Waals surface area contributed by atoms with Crippen LogP contribution in [-0.4, -0.2) is 48.7 Å². The van der Waals surface area contributed by atoms with Gasteiger partial charge in [-0.15, -0.1) is 0 Å². The van der Waals surface area contributed by atoms with Gasteiger partial charge < -0.3 is 10.6 Å². The SMILES string of the molecule is NC(=O)[C@@H]1C[C@@H](F)CN1[C@H]1CC[C@@H]2CN(c3ccc(C(F)(F)F)cc3)C[C@@H]21. The van der Waals surface area contributed by atoms with E-state index in [0.29, 0.717) is 12.5 Å². The molecule has 5 atom stereocenters. The predicted octanol–water partition coefficient (Wildman–Crippen LogP) is 2.82. The standard InChI is InChI=1S/C19H23F4N3O/c20-13-7-17(18(24)27)26(9-13)16-6-1-11-8-25(10-15(11)16)14-4-2-12(3-5-14)19(21,22)23/h2-5,11,13,15-17H,1,6-10H2,(H2,24,27)/t11-,13-,15+,16+,17+/m1/s1. The summed E-state index contributed by atoms with van der Waals surface area (Å²) in [7, 11) is 0. The van der Waals surface area contributed by atoms with E-state index in [0.717, 1.165) is 37.2 Å². The number of anilines is 1. The van der Waals surface area contributed by atoms with Gasteiger partial charge in [-0.2, -0.15) is 13.2 Å². The number of nitrogens with two attached hydrogens (primary N) is 1. The van der Waals surface area contributed by atoms with Gasteiger partial charge in [0, 0.05) is 37.8 Å². The number of fused-ring (bicyclic) bond motifs is 1. The highest BCUT2D eigenvalue weighted by Crippen LogP contribution is 2.44. The molecule has 2 heterocycles. The van der Waals surface area contributed by atoms with Crippen molar-refractivity contribution in [3.63, 3.8) is 0 Å². The van der Waals surface area contributed by atoms with E-state index in [4.69, 9.17) is 5.73 Å². The maximum Gasteiger partial charge on any atom is 0.416 e. The predicted molar refractivity (Wildman–Crippen MR) is 92.9 cm³/mol. The lowest BCUT2D eigenvalue weighted by atomic mass is 9.96. The molecule has 0 aromatic heterocycles. The fourth-order valence-corrected chi connectivity index (χ4v) is 5.17. The van der Waals surface area contributed by atoms with Crippen LogP contribution >= 0.6 is 0 Å². The van der Waals surface area contributed by atoms with Crippen molar-refractivity contribution in [3.05, 3.63) is 29.8 Å². The summed E-state index contributed by atoms with van der Waals surface area (Å²) in [4.78, 5) is 15.8. The van der Waals surface area contributed by atoms with Crippen molar-refractivity contribution in [1.29, 1.82) is 0 Å². The highest BCUT2D eigenvalue weighted by Gasteiger charge is 2.49. The molecule has 1 saturated carbocycles. The van der Waals surface area contributed by atoms with E-state index in [1.165, 1.54) is 12.1 Å². The first-order valence-corrected chi connectivity index (χ1v) is 9.35. The Bertz CT molecular complexity index is 708. The summed E-state index contributed by atoms with van der Waals surface area (Å²) in [5.74, 6) is 0.208. The number of amides is 1. The second-order valence-electron chi connectivity index (χ2n) is 7.97. The molecule has 8 heteroatoms. The van der Waals surface area contributed by atoms with Crippen LogP contribution in [0.5, 0.6) is 0 Å². The third kappa shape index (κ3) is 3.39. The Labute approximate surface area is 155 Å². The minimum Gasteiger partial charge on any atom is -0.371 e. The lowest BCUT2D eigenvalue weighted by Crippen LogP contribution is -2.48. The minimum atomic E-state index is -4.34. The Kier molecular flexibility index (Phi) is 4.56. The highest BCUT2D eigenvalue weighted by atomic mass is 19.4. The monoisotopic (exact) mass is 385 g/mol. The third-order valence-electron chi connectivity index (χ3n) is 6.42. The van der Waals surface area contributed by atoms with Gasteiger partial charge in [0.05, 0.1) is 11.6 Å². The molecule has 3 fully saturated rings. The molecule has 1 aliphatic carbocycles. The van der Waals surface area contributed by atoms with Crippen LogP contribution in [0, 0.1) is 11.8 Å². The smallest absolute Gasteiger partial charge is 0.371 e. The molecule has 27 heavy (non-hydrogen) atoms. The Morgan fingerprint density at radius 1 is 1.07 bits per heavy atom. The number of primary amides is 1. The molecule has 0 spiro atoms. The van der Waals surface area contributed by atoms with Crippen LogP contribution in [-0.2, 0) is 11.0 Å². The molecule has 3 aliphatic rings. The third-order valence-corrected chi connectivity index (χ3v) is 6.42. The van der Waals surface area contributed by atoms with Crippen molar-refractivity contribution < 1.29 is 22.4 Å². The average Bonchev–Trinajstić information content (AvgIpc) is 3.27. The van der Waals surface area contributed by atoms with Crippen LogP contribution in [0.25, 0.3) is 0 Å². The maximum absolute atomic E-state index is 13.9. The van der Waals surface area contributed by atoms with Gasteiger partial charge in [-0.05, 0) is 48.9 Å². The lowest BCUT2D eigenvalue weighted by molar-refractivity contribution is -0.137. The van der Waals surface area contributed by atoms with E-state index in [1.54, 1.807) is 0 Å². The zero-order valence-electron chi connectivity index (χ0n) is 14.8. The van der Waals surface area contributed by atoms with Crippen LogP contribution in [0.4, 0.5) is 23.2 Å². The molecule has 1 amide bonds. The largest absolute Gasteiger partial charge is 0.416 e. The van der Waals surface area contributed by atoms with Crippen LogP contribution in [0.3, 0.4) is 0 Å². The number of rotatable bonds is 3. The average molecular weight is 385 g/mol. The van der Waals surface area contributed by atoms with Crippen molar-refractivity contribution in [1.82, 2.24) is 4.90 Å². The van der Waals surface area contributed by atoms with Crippen LogP contribution in [0.2, 0.25) is 0 Å². The number of hydrogen-bond acceptors (Lipinski definition) is 3. The molecule has 0 bridgehead atoms. The van der Waals surface area contributed by atoms with Crippen LogP contribution in [0.15, 0.2) is 24.3 Å². The van der Waals surface area contributed by atoms with Gasteiger partial charge in [0.2, 0.25) is 5.91 Å². The normalized spacial score (nSPS) is 34.2. The number of hydrogen-bond donors (Lipinski definition) is 1. The molecular weight excluding hydrogens is 362 g/mol. The molecule has 2 aliphatic heterocycles. The first kappa shape index (κ1) is 18.5. The Balaban J connectivity index is 1.48. The second kappa shape index (κ2) is 6.65. The molecule has 1 aromatic carbocycles. The molecule has 2 saturated heterocycles. The summed E-state index contributed by atoms with van der Waals surface area (Å²) in [5, 5.41) is 0. The molecule has 4 nitrogen and oxygen atoms in total. The van der Waals surface area contributed by atoms with Gasteiger partial charge in [0.25, 0.3) is 0 Å². The van der Waals surface area contributed by atoms with Gasteiger partial charge in [-0.1, -0.05) is 0 Å². The molecule has 148 valence electrons. The fourth-order valence-electron chi connectivity index (χ4n) is 5.17. The summed E-state index contributed by atoms with van der Waals surface area (Å²) < 4.78 is 52.2. The van der Waals surface area contributed by atoms with Gasteiger partial charge in [-0.25, -0.2) is 4.39 Å². The van der Waals surface area contributed by atoms with E-state index in [1.807, 2.05) is 4.90 Å². The number of carbonyl (C=O) groups is 1. The molecule has 4 rings (SSSR count). The number of alkyl halides is 4. The zero-order valence-corrected chi connectivity index (χ0v) is 14.8. The summed E-state index contributed by atoms with van der Waals surface area (Å²) in [6.07, 6.45) is -3.33. The van der Waals surface area contributed by atoms with E-state index in [2.05, 4.69) is 4.90 Å². The fraction of sp³-hybridized carbons (Fsp3) is 0.632. The highest BCUT2D eigenvalue weighted by molar-refractivity contribution is 5.80. The minimum absolute atomic E-state index is 0.104. The molecule has 0 radical (unpaired) electrons. The van der Waals surface area contributed by atoms with Gasteiger partial charge >= 0.3 is 6.18 Å². The van der Waals surface area contributed by atoms with E-state index >= 15 is 0 Å². The maximum atomic E-state index is 13.9. The Hall–Kier alpha value is -1.83. The van der Waals surface area contributed by atoms with Crippen molar-refractivity contribution in [2.45, 2.75) is 43.7 Å².